The van der Waals surface area contributed by atoms with E-state index in [9.17, 15) is 0 Å². The number of benzene rings is 1. The Kier molecular flexibility index (Phi) is 3.28. The Morgan fingerprint density at radius 2 is 1.95 bits per heavy atom. The predicted molar refractivity (Wildman–Crippen MR) is 81.9 cm³/mol. The number of nitrogens with zero attached hydrogens (tertiary/aromatic N) is 3. The molecule has 0 bridgehead atoms. The van der Waals surface area contributed by atoms with Crippen molar-refractivity contribution in [3.63, 3.8) is 0 Å². The molecule has 0 aliphatic carbocycles. The molecule has 106 valence electrons. The topological polar surface area (TPSA) is 30.3 Å². The van der Waals surface area contributed by atoms with Crippen LogP contribution in [0.1, 0.15) is 18.9 Å². The standard InChI is InChI=1S/C15H18BrN3O/c16-12-1-2-15-11(7-12)8-19(17-15)13-3-5-18(6-4-13)14-9-20-10-14/h1-2,7-8,13-14H,3-6,9-10H2. The maximum absolute atomic E-state index is 5.29. The van der Waals surface area contributed by atoms with Crippen LogP contribution in [0, 0.1) is 0 Å². The third kappa shape index (κ3) is 2.28. The van der Waals surface area contributed by atoms with E-state index in [0.717, 1.165) is 23.2 Å². The third-order valence-corrected chi connectivity index (χ3v) is 4.99. The summed E-state index contributed by atoms with van der Waals surface area (Å²) < 4.78 is 8.57. The molecule has 1 aromatic heterocycles. The molecular formula is C15H18BrN3O. The summed E-state index contributed by atoms with van der Waals surface area (Å²) in [6.45, 7) is 4.17. The minimum atomic E-state index is 0.540. The van der Waals surface area contributed by atoms with E-state index in [-0.39, 0.29) is 0 Å². The fourth-order valence-corrected chi connectivity index (χ4v) is 3.53. The van der Waals surface area contributed by atoms with E-state index >= 15 is 0 Å². The first-order valence-electron chi connectivity index (χ1n) is 7.26. The monoisotopic (exact) mass is 335 g/mol. The highest BCUT2D eigenvalue weighted by atomic mass is 79.9. The first-order chi connectivity index (χ1) is 9.79. The van der Waals surface area contributed by atoms with Gasteiger partial charge < -0.3 is 4.74 Å². The van der Waals surface area contributed by atoms with Crippen LogP contribution in [0.4, 0.5) is 0 Å². The molecule has 2 aromatic rings. The van der Waals surface area contributed by atoms with Gasteiger partial charge in [-0.2, -0.15) is 5.10 Å². The van der Waals surface area contributed by atoms with Crippen LogP contribution < -0.4 is 0 Å². The van der Waals surface area contributed by atoms with Gasteiger partial charge in [0.15, 0.2) is 0 Å². The van der Waals surface area contributed by atoms with Crippen molar-refractivity contribution in [3.8, 4) is 0 Å². The van der Waals surface area contributed by atoms with Gasteiger partial charge in [0.25, 0.3) is 0 Å². The van der Waals surface area contributed by atoms with E-state index in [1.165, 1.54) is 31.3 Å². The molecule has 5 heteroatoms. The van der Waals surface area contributed by atoms with Crippen molar-refractivity contribution in [1.29, 1.82) is 0 Å². The van der Waals surface area contributed by atoms with Crippen LogP contribution in [-0.4, -0.2) is 47.0 Å². The molecule has 0 N–H and O–H groups in total. The summed E-state index contributed by atoms with van der Waals surface area (Å²) in [6.07, 6.45) is 4.56. The first-order valence-corrected chi connectivity index (χ1v) is 8.05. The highest BCUT2D eigenvalue weighted by Crippen LogP contribution is 2.27. The number of rotatable bonds is 2. The zero-order valence-electron chi connectivity index (χ0n) is 11.3. The van der Waals surface area contributed by atoms with E-state index in [1.807, 2.05) is 0 Å². The lowest BCUT2D eigenvalue weighted by Crippen LogP contribution is -2.51. The second-order valence-electron chi connectivity index (χ2n) is 5.77. The molecule has 4 rings (SSSR count). The van der Waals surface area contributed by atoms with Crippen LogP contribution >= 0.6 is 15.9 Å². The fourth-order valence-electron chi connectivity index (χ4n) is 3.15. The van der Waals surface area contributed by atoms with E-state index in [1.54, 1.807) is 0 Å². The largest absolute Gasteiger partial charge is 0.378 e. The second-order valence-corrected chi connectivity index (χ2v) is 6.69. The Hall–Kier alpha value is -0.910. The lowest BCUT2D eigenvalue weighted by atomic mass is 10.0. The lowest BCUT2D eigenvalue weighted by Gasteiger charge is -2.41. The molecule has 0 spiro atoms. The lowest BCUT2D eigenvalue weighted by molar-refractivity contribution is -0.0734. The molecule has 2 fully saturated rings. The van der Waals surface area contributed by atoms with Crippen LogP contribution in [0.25, 0.3) is 10.9 Å². The summed E-state index contributed by atoms with van der Waals surface area (Å²) in [4.78, 5) is 2.57. The van der Waals surface area contributed by atoms with Crippen LogP contribution in [-0.2, 0) is 4.74 Å². The predicted octanol–water partition coefficient (Wildman–Crippen LogP) is 2.83. The van der Waals surface area contributed by atoms with Gasteiger partial charge in [-0.3, -0.25) is 9.58 Å². The Labute approximate surface area is 126 Å². The maximum atomic E-state index is 5.29. The molecule has 3 heterocycles. The summed E-state index contributed by atoms with van der Waals surface area (Å²) in [5.74, 6) is 0. The number of aromatic nitrogens is 2. The average molecular weight is 336 g/mol. The van der Waals surface area contributed by atoms with Crippen molar-refractivity contribution in [3.05, 3.63) is 28.9 Å². The number of halogens is 1. The molecule has 0 saturated carbocycles. The number of fused-ring (bicyclic) bond motifs is 1. The van der Waals surface area contributed by atoms with E-state index in [2.05, 4.69) is 49.9 Å². The molecule has 0 radical (unpaired) electrons. The zero-order chi connectivity index (χ0) is 13.5. The van der Waals surface area contributed by atoms with Gasteiger partial charge in [-0.25, -0.2) is 0 Å². The normalized spacial score (nSPS) is 22.2. The van der Waals surface area contributed by atoms with Crippen LogP contribution in [0.3, 0.4) is 0 Å². The number of ether oxygens (including phenoxy) is 1. The van der Waals surface area contributed by atoms with Crippen molar-refractivity contribution >= 4 is 26.8 Å². The smallest absolute Gasteiger partial charge is 0.0924 e. The van der Waals surface area contributed by atoms with Gasteiger partial charge in [-0.1, -0.05) is 15.9 Å². The molecule has 2 aliphatic heterocycles. The zero-order valence-corrected chi connectivity index (χ0v) is 12.9. The molecule has 0 atom stereocenters. The summed E-state index contributed by atoms with van der Waals surface area (Å²) in [6, 6.07) is 7.48. The third-order valence-electron chi connectivity index (χ3n) is 4.49. The number of likely N-dealkylation sites (tertiary alicyclic amines) is 1. The fraction of sp³-hybridized carbons (Fsp3) is 0.533. The van der Waals surface area contributed by atoms with Gasteiger partial charge >= 0.3 is 0 Å². The Balaban J connectivity index is 1.49. The first kappa shape index (κ1) is 12.8. The van der Waals surface area contributed by atoms with Crippen LogP contribution in [0.5, 0.6) is 0 Å². The van der Waals surface area contributed by atoms with Gasteiger partial charge in [0.05, 0.1) is 30.8 Å². The van der Waals surface area contributed by atoms with Gasteiger partial charge in [-0.05, 0) is 31.0 Å². The quantitative estimate of drug-likeness (QED) is 0.845. The molecule has 0 unspecified atom stereocenters. The minimum absolute atomic E-state index is 0.540. The maximum Gasteiger partial charge on any atom is 0.0924 e. The minimum Gasteiger partial charge on any atom is -0.378 e. The Morgan fingerprint density at radius 1 is 1.15 bits per heavy atom. The van der Waals surface area contributed by atoms with Crippen molar-refractivity contribution in [2.45, 2.75) is 24.9 Å². The highest BCUT2D eigenvalue weighted by molar-refractivity contribution is 9.10. The van der Waals surface area contributed by atoms with E-state index < -0.39 is 0 Å². The summed E-state index contributed by atoms with van der Waals surface area (Å²) in [7, 11) is 0. The SMILES string of the molecule is Brc1ccc2nn(C3CCN(C4COC4)CC3)cc2c1. The molecule has 1 aromatic carbocycles. The molecule has 2 aliphatic rings. The van der Waals surface area contributed by atoms with Gasteiger partial charge in [0, 0.05) is 29.1 Å². The number of piperidine rings is 1. The summed E-state index contributed by atoms with van der Waals surface area (Å²) in [5.41, 5.74) is 1.09. The van der Waals surface area contributed by atoms with Crippen molar-refractivity contribution in [2.75, 3.05) is 26.3 Å². The van der Waals surface area contributed by atoms with E-state index in [4.69, 9.17) is 9.84 Å². The molecular weight excluding hydrogens is 318 g/mol. The molecule has 20 heavy (non-hydrogen) atoms. The number of hydrogen-bond acceptors (Lipinski definition) is 3. The van der Waals surface area contributed by atoms with Crippen molar-refractivity contribution in [1.82, 2.24) is 14.7 Å². The van der Waals surface area contributed by atoms with Crippen LogP contribution in [0.15, 0.2) is 28.9 Å². The van der Waals surface area contributed by atoms with Gasteiger partial charge in [0.2, 0.25) is 0 Å². The molecule has 4 nitrogen and oxygen atoms in total. The second kappa shape index (κ2) is 5.13. The summed E-state index contributed by atoms with van der Waals surface area (Å²) >= 11 is 3.52. The highest BCUT2D eigenvalue weighted by Gasteiger charge is 2.30. The average Bonchev–Trinajstić information content (AvgIpc) is 2.80. The van der Waals surface area contributed by atoms with E-state index in [0.29, 0.717) is 12.1 Å². The Morgan fingerprint density at radius 3 is 2.65 bits per heavy atom. The molecule has 0 amide bonds. The summed E-state index contributed by atoms with van der Waals surface area (Å²) in [5, 5.41) is 5.95. The van der Waals surface area contributed by atoms with Crippen molar-refractivity contribution < 1.29 is 4.74 Å². The van der Waals surface area contributed by atoms with Gasteiger partial charge in [0.1, 0.15) is 0 Å². The Bertz CT molecular complexity index is 615. The molecule has 2 saturated heterocycles. The number of hydrogen-bond donors (Lipinski definition) is 0. The van der Waals surface area contributed by atoms with Crippen LogP contribution in [0.2, 0.25) is 0 Å². The van der Waals surface area contributed by atoms with Crippen molar-refractivity contribution in [2.24, 2.45) is 0 Å². The van der Waals surface area contributed by atoms with Gasteiger partial charge in [-0.15, -0.1) is 0 Å².